The number of carbonyl (C=O) groups is 1. The lowest BCUT2D eigenvalue weighted by molar-refractivity contribution is -0.239. The molecule has 0 amide bonds. The van der Waals surface area contributed by atoms with Gasteiger partial charge in [0.1, 0.15) is 18.3 Å². The molecule has 1 saturated heterocycles. The lowest BCUT2D eigenvalue weighted by atomic mass is 9.95. The maximum atomic E-state index is 12.5. The zero-order chi connectivity index (χ0) is 19.2. The Morgan fingerprint density at radius 1 is 1.04 bits per heavy atom. The molecule has 0 bridgehead atoms. The Hall–Kier alpha value is -2.25. The van der Waals surface area contributed by atoms with Crippen LogP contribution in [0, 0.1) is 0 Å². The molecule has 2 aromatic carbocycles. The average Bonchev–Trinajstić information content (AvgIpc) is 2.71. The van der Waals surface area contributed by atoms with E-state index >= 15 is 0 Å². The number of esters is 1. The summed E-state index contributed by atoms with van der Waals surface area (Å²) < 4.78 is 17.2. The third kappa shape index (κ3) is 4.73. The van der Waals surface area contributed by atoms with E-state index in [0.29, 0.717) is 5.56 Å². The van der Waals surface area contributed by atoms with Gasteiger partial charge in [0.25, 0.3) is 0 Å². The van der Waals surface area contributed by atoms with Crippen molar-refractivity contribution in [2.75, 3.05) is 6.61 Å². The number of ether oxygens (including phenoxy) is 3. The van der Waals surface area contributed by atoms with Gasteiger partial charge in [0.05, 0.1) is 24.9 Å². The average molecular weight is 372 g/mol. The maximum absolute atomic E-state index is 12.5. The van der Waals surface area contributed by atoms with E-state index < -0.39 is 36.5 Å². The van der Waals surface area contributed by atoms with Gasteiger partial charge in [-0.25, -0.2) is 4.79 Å². The molecule has 6 heteroatoms. The Morgan fingerprint density at radius 3 is 2.30 bits per heavy atom. The van der Waals surface area contributed by atoms with Gasteiger partial charge in [-0.3, -0.25) is 0 Å². The molecule has 2 N–H and O–H groups in total. The van der Waals surface area contributed by atoms with Crippen LogP contribution in [0.5, 0.6) is 0 Å². The second-order valence-electron chi connectivity index (χ2n) is 6.55. The van der Waals surface area contributed by atoms with E-state index in [-0.39, 0.29) is 13.2 Å². The maximum Gasteiger partial charge on any atom is 0.338 e. The Balaban J connectivity index is 1.76. The molecule has 144 valence electrons. The zero-order valence-corrected chi connectivity index (χ0v) is 15.1. The van der Waals surface area contributed by atoms with Crippen LogP contribution in [0.1, 0.15) is 22.8 Å². The summed E-state index contributed by atoms with van der Waals surface area (Å²) in [6.45, 7) is 1.62. The van der Waals surface area contributed by atoms with Crippen molar-refractivity contribution >= 4 is 5.97 Å². The molecule has 6 nitrogen and oxygen atoms in total. The first-order valence-electron chi connectivity index (χ1n) is 8.96. The quantitative estimate of drug-likeness (QED) is 0.754. The summed E-state index contributed by atoms with van der Waals surface area (Å²) in [4.78, 5) is 12.5. The largest absolute Gasteiger partial charge is 0.453 e. The molecule has 1 fully saturated rings. The Kier molecular flexibility index (Phi) is 6.58. The fraction of sp³-hybridized carbons (Fsp3) is 0.381. The third-order valence-electron chi connectivity index (χ3n) is 4.61. The summed E-state index contributed by atoms with van der Waals surface area (Å²) in [5, 5.41) is 20.1. The van der Waals surface area contributed by atoms with E-state index in [0.717, 1.165) is 5.56 Å². The highest BCUT2D eigenvalue weighted by molar-refractivity contribution is 5.89. The monoisotopic (exact) mass is 372 g/mol. The summed E-state index contributed by atoms with van der Waals surface area (Å²) in [5.74, 6) is -0.515. The number of hydrogen-bond donors (Lipinski definition) is 2. The van der Waals surface area contributed by atoms with Crippen molar-refractivity contribution in [3.8, 4) is 0 Å². The van der Waals surface area contributed by atoms with E-state index in [1.165, 1.54) is 0 Å². The predicted octanol–water partition coefficient (Wildman–Crippen LogP) is 1.94. The van der Waals surface area contributed by atoms with Gasteiger partial charge in [0.15, 0.2) is 6.10 Å². The van der Waals surface area contributed by atoms with Crippen molar-refractivity contribution in [1.82, 2.24) is 0 Å². The second kappa shape index (κ2) is 9.10. The van der Waals surface area contributed by atoms with Crippen molar-refractivity contribution in [2.45, 2.75) is 44.1 Å². The summed E-state index contributed by atoms with van der Waals surface area (Å²) >= 11 is 0. The molecule has 1 aliphatic rings. The van der Waals surface area contributed by atoms with Crippen molar-refractivity contribution in [3.63, 3.8) is 0 Å². The molecule has 0 aromatic heterocycles. The van der Waals surface area contributed by atoms with Crippen LogP contribution in [0.4, 0.5) is 0 Å². The highest BCUT2D eigenvalue weighted by atomic mass is 16.6. The fourth-order valence-corrected chi connectivity index (χ4v) is 3.15. The minimum Gasteiger partial charge on any atom is -0.453 e. The molecule has 27 heavy (non-hydrogen) atoms. The minimum atomic E-state index is -1.12. The van der Waals surface area contributed by atoms with Gasteiger partial charge in [-0.05, 0) is 24.6 Å². The minimum absolute atomic E-state index is 0.243. The first kappa shape index (κ1) is 19.5. The highest BCUT2D eigenvalue weighted by Gasteiger charge is 2.46. The van der Waals surface area contributed by atoms with Gasteiger partial charge in [0.2, 0.25) is 0 Å². The van der Waals surface area contributed by atoms with Gasteiger partial charge in [-0.1, -0.05) is 48.5 Å². The molecule has 5 atom stereocenters. The highest BCUT2D eigenvalue weighted by Crippen LogP contribution is 2.27. The van der Waals surface area contributed by atoms with Crippen LogP contribution in [0.25, 0.3) is 0 Å². The number of benzene rings is 2. The van der Waals surface area contributed by atoms with E-state index in [2.05, 4.69) is 0 Å². The van der Waals surface area contributed by atoms with Crippen molar-refractivity contribution in [1.29, 1.82) is 0 Å². The fourth-order valence-electron chi connectivity index (χ4n) is 3.15. The Labute approximate surface area is 158 Å². The van der Waals surface area contributed by atoms with E-state index in [1.807, 2.05) is 36.4 Å². The number of hydrogen-bond acceptors (Lipinski definition) is 6. The molecule has 0 radical (unpaired) electrons. The van der Waals surface area contributed by atoms with Crippen molar-refractivity contribution in [2.24, 2.45) is 0 Å². The van der Waals surface area contributed by atoms with Crippen LogP contribution in [-0.2, 0) is 20.8 Å². The summed E-state index contributed by atoms with van der Waals surface area (Å²) in [6.07, 6.45) is -4.09. The topological polar surface area (TPSA) is 85.2 Å². The van der Waals surface area contributed by atoms with Crippen molar-refractivity contribution < 1.29 is 29.2 Å². The van der Waals surface area contributed by atoms with Crippen LogP contribution in [0.3, 0.4) is 0 Å². The number of aliphatic hydroxyl groups excluding tert-OH is 2. The molecule has 3 rings (SSSR count). The zero-order valence-electron chi connectivity index (χ0n) is 15.1. The second-order valence-corrected chi connectivity index (χ2v) is 6.55. The Bertz CT molecular complexity index is 720. The molecule has 0 saturated carbocycles. The van der Waals surface area contributed by atoms with Gasteiger partial charge in [0, 0.05) is 0 Å². The van der Waals surface area contributed by atoms with Crippen molar-refractivity contribution in [3.05, 3.63) is 71.8 Å². The number of rotatable bonds is 6. The smallest absolute Gasteiger partial charge is 0.338 e. The summed E-state index contributed by atoms with van der Waals surface area (Å²) in [6, 6.07) is 18.1. The Morgan fingerprint density at radius 2 is 1.67 bits per heavy atom. The number of aliphatic hydroxyl groups is 2. The molecule has 0 spiro atoms. The van der Waals surface area contributed by atoms with Crippen LogP contribution in [0.2, 0.25) is 0 Å². The summed E-state index contributed by atoms with van der Waals surface area (Å²) in [5.41, 5.74) is 1.34. The van der Waals surface area contributed by atoms with E-state index in [1.54, 1.807) is 31.2 Å². The van der Waals surface area contributed by atoms with Gasteiger partial charge in [-0.2, -0.15) is 0 Å². The standard InChI is InChI=1S/C21H24O6/c1-14-19(27-21(24)16-10-6-3-7-11-16)20(18(23)17(12-22)26-14)25-13-15-8-4-2-5-9-15/h2-11,14,17-20,22-23H,12-13H2,1H3/t14-,17?,18+,19?,20+/m0/s1. The molecule has 2 unspecified atom stereocenters. The van der Waals surface area contributed by atoms with Crippen LogP contribution in [-0.4, -0.2) is 53.3 Å². The van der Waals surface area contributed by atoms with E-state index in [9.17, 15) is 15.0 Å². The van der Waals surface area contributed by atoms with Crippen LogP contribution in [0.15, 0.2) is 60.7 Å². The molecular formula is C21H24O6. The normalized spacial score (nSPS) is 27.9. The molecule has 1 heterocycles. The third-order valence-corrected chi connectivity index (χ3v) is 4.61. The van der Waals surface area contributed by atoms with Gasteiger partial charge < -0.3 is 24.4 Å². The predicted molar refractivity (Wildman–Crippen MR) is 98.1 cm³/mol. The molecule has 0 aliphatic carbocycles. The molecule has 1 aliphatic heterocycles. The molecular weight excluding hydrogens is 348 g/mol. The summed E-state index contributed by atoms with van der Waals surface area (Å²) in [7, 11) is 0. The lowest BCUT2D eigenvalue weighted by Crippen LogP contribution is -2.59. The first-order chi connectivity index (χ1) is 13.1. The first-order valence-corrected chi connectivity index (χ1v) is 8.96. The SMILES string of the molecule is C[C@@H]1OC(CO)[C@@H](O)[C@@H](OCc2ccccc2)C1OC(=O)c1ccccc1. The lowest BCUT2D eigenvalue weighted by Gasteiger charge is -2.42. The van der Waals surface area contributed by atoms with E-state index in [4.69, 9.17) is 14.2 Å². The van der Waals surface area contributed by atoms with Gasteiger partial charge >= 0.3 is 5.97 Å². The molecule has 2 aromatic rings. The van der Waals surface area contributed by atoms with Crippen LogP contribution >= 0.6 is 0 Å². The van der Waals surface area contributed by atoms with Crippen LogP contribution < -0.4 is 0 Å². The van der Waals surface area contributed by atoms with Gasteiger partial charge in [-0.15, -0.1) is 0 Å². The number of carbonyl (C=O) groups excluding carboxylic acids is 1.